The van der Waals surface area contributed by atoms with E-state index in [1.54, 1.807) is 12.1 Å². The van der Waals surface area contributed by atoms with Gasteiger partial charge in [-0.25, -0.2) is 0 Å². The lowest BCUT2D eigenvalue weighted by Gasteiger charge is -2.26. The van der Waals surface area contributed by atoms with Crippen LogP contribution in [0.4, 0.5) is 5.69 Å². The number of unbranched alkanes of at least 4 members (excludes halogenated alkanes) is 2. The Morgan fingerprint density at radius 3 is 2.38 bits per heavy atom. The molecule has 166 valence electrons. The SMILES string of the molecule is CCCCN(CCCC)c1ccc(Oc2ccc3nnc(Cl)n3n2)c(-c2ccccc2)c1. The molecule has 4 rings (SSSR count). The highest BCUT2D eigenvalue weighted by atomic mass is 35.5. The van der Waals surface area contributed by atoms with Crippen LogP contribution < -0.4 is 9.64 Å². The number of fused-ring (bicyclic) bond motifs is 1. The van der Waals surface area contributed by atoms with E-state index in [9.17, 15) is 0 Å². The number of rotatable bonds is 10. The first-order chi connectivity index (χ1) is 15.7. The Bertz CT molecular complexity index is 1150. The van der Waals surface area contributed by atoms with Crippen LogP contribution in [0.3, 0.4) is 0 Å². The smallest absolute Gasteiger partial charge is 0.246 e. The maximum absolute atomic E-state index is 6.23. The summed E-state index contributed by atoms with van der Waals surface area (Å²) in [6.07, 6.45) is 4.70. The minimum Gasteiger partial charge on any atom is -0.437 e. The van der Waals surface area contributed by atoms with Crippen molar-refractivity contribution in [2.75, 3.05) is 18.0 Å². The average molecular weight is 450 g/mol. The molecule has 0 spiro atoms. The van der Waals surface area contributed by atoms with E-state index in [-0.39, 0.29) is 5.28 Å². The van der Waals surface area contributed by atoms with E-state index in [4.69, 9.17) is 16.3 Å². The zero-order valence-electron chi connectivity index (χ0n) is 18.5. The van der Waals surface area contributed by atoms with Gasteiger partial charge < -0.3 is 9.64 Å². The number of hydrogen-bond donors (Lipinski definition) is 0. The third-order valence-corrected chi connectivity index (χ3v) is 5.63. The Balaban J connectivity index is 1.71. The van der Waals surface area contributed by atoms with Gasteiger partial charge in [0.25, 0.3) is 0 Å². The van der Waals surface area contributed by atoms with Crippen molar-refractivity contribution in [3.8, 4) is 22.8 Å². The Kier molecular flexibility index (Phi) is 7.22. The zero-order chi connectivity index (χ0) is 22.3. The minimum absolute atomic E-state index is 0.201. The van der Waals surface area contributed by atoms with Gasteiger partial charge in [-0.2, -0.15) is 4.52 Å². The summed E-state index contributed by atoms with van der Waals surface area (Å²) in [4.78, 5) is 2.48. The molecule has 2 aromatic heterocycles. The third-order valence-electron chi connectivity index (χ3n) is 5.39. The van der Waals surface area contributed by atoms with Crippen LogP contribution in [0.15, 0.2) is 60.7 Å². The van der Waals surface area contributed by atoms with Crippen molar-refractivity contribution in [1.29, 1.82) is 0 Å². The predicted molar refractivity (Wildman–Crippen MR) is 130 cm³/mol. The average Bonchev–Trinajstić information content (AvgIpc) is 3.20. The van der Waals surface area contributed by atoms with E-state index in [2.05, 4.69) is 58.3 Å². The number of anilines is 1. The topological polar surface area (TPSA) is 55.5 Å². The van der Waals surface area contributed by atoms with Crippen LogP contribution in [-0.2, 0) is 0 Å². The number of halogens is 1. The molecule has 0 aliphatic heterocycles. The van der Waals surface area contributed by atoms with Crippen molar-refractivity contribution in [2.24, 2.45) is 0 Å². The second kappa shape index (κ2) is 10.5. The second-order valence-electron chi connectivity index (χ2n) is 7.75. The van der Waals surface area contributed by atoms with Crippen LogP contribution in [-0.4, -0.2) is 32.9 Å². The molecule has 0 aliphatic carbocycles. The normalized spacial score (nSPS) is 11.1. The molecule has 0 saturated heterocycles. The van der Waals surface area contributed by atoms with Gasteiger partial charge in [0.15, 0.2) is 5.65 Å². The zero-order valence-corrected chi connectivity index (χ0v) is 19.3. The van der Waals surface area contributed by atoms with Crippen LogP contribution in [0, 0.1) is 0 Å². The fourth-order valence-electron chi connectivity index (χ4n) is 3.63. The quantitative estimate of drug-likeness (QED) is 0.271. The molecule has 0 unspecified atom stereocenters. The molecular weight excluding hydrogens is 422 g/mol. The first kappa shape index (κ1) is 22.1. The summed E-state index contributed by atoms with van der Waals surface area (Å²) >= 11 is 6.08. The van der Waals surface area contributed by atoms with E-state index in [1.165, 1.54) is 35.9 Å². The minimum atomic E-state index is 0.201. The molecule has 32 heavy (non-hydrogen) atoms. The molecular formula is C25H28ClN5O. The van der Waals surface area contributed by atoms with Crippen LogP contribution in [0.2, 0.25) is 5.28 Å². The summed E-state index contributed by atoms with van der Waals surface area (Å²) in [6, 6.07) is 20.3. The molecule has 0 radical (unpaired) electrons. The summed E-state index contributed by atoms with van der Waals surface area (Å²) in [6.45, 7) is 6.57. The van der Waals surface area contributed by atoms with Gasteiger partial charge in [-0.1, -0.05) is 57.0 Å². The van der Waals surface area contributed by atoms with Gasteiger partial charge >= 0.3 is 0 Å². The molecule has 6 nitrogen and oxygen atoms in total. The van der Waals surface area contributed by atoms with E-state index < -0.39 is 0 Å². The number of nitrogens with zero attached hydrogens (tertiary/aromatic N) is 5. The van der Waals surface area contributed by atoms with Crippen molar-refractivity contribution in [3.05, 3.63) is 65.9 Å². The van der Waals surface area contributed by atoms with E-state index in [0.717, 1.165) is 30.0 Å². The van der Waals surface area contributed by atoms with E-state index in [0.29, 0.717) is 11.5 Å². The van der Waals surface area contributed by atoms with Crippen LogP contribution in [0.25, 0.3) is 16.8 Å². The van der Waals surface area contributed by atoms with E-state index in [1.807, 2.05) is 24.3 Å². The molecule has 2 heterocycles. The monoisotopic (exact) mass is 449 g/mol. The van der Waals surface area contributed by atoms with Gasteiger partial charge in [-0.05, 0) is 54.3 Å². The predicted octanol–water partition coefficient (Wildman–Crippen LogP) is 6.64. The Morgan fingerprint density at radius 2 is 1.66 bits per heavy atom. The molecule has 0 fully saturated rings. The molecule has 0 saturated carbocycles. The number of hydrogen-bond acceptors (Lipinski definition) is 5. The van der Waals surface area contributed by atoms with Crippen LogP contribution >= 0.6 is 11.6 Å². The fraction of sp³-hybridized carbons (Fsp3) is 0.320. The van der Waals surface area contributed by atoms with Gasteiger partial charge in [0.2, 0.25) is 11.2 Å². The van der Waals surface area contributed by atoms with Gasteiger partial charge in [-0.15, -0.1) is 15.3 Å². The van der Waals surface area contributed by atoms with Crippen molar-refractivity contribution in [2.45, 2.75) is 39.5 Å². The third kappa shape index (κ3) is 5.02. The number of benzene rings is 2. The first-order valence-electron chi connectivity index (χ1n) is 11.2. The molecule has 2 aromatic carbocycles. The molecule has 0 aliphatic rings. The van der Waals surface area contributed by atoms with Crippen molar-refractivity contribution in [3.63, 3.8) is 0 Å². The molecule has 7 heteroatoms. The molecule has 0 atom stereocenters. The largest absolute Gasteiger partial charge is 0.437 e. The summed E-state index contributed by atoms with van der Waals surface area (Å²) in [5.74, 6) is 1.17. The highest BCUT2D eigenvalue weighted by molar-refractivity contribution is 6.28. The summed E-state index contributed by atoms with van der Waals surface area (Å²) in [5, 5.41) is 12.4. The Hall–Kier alpha value is -3.12. The lowest BCUT2D eigenvalue weighted by Crippen LogP contribution is -2.25. The number of aromatic nitrogens is 4. The summed E-state index contributed by atoms with van der Waals surface area (Å²) in [7, 11) is 0. The lowest BCUT2D eigenvalue weighted by molar-refractivity contribution is 0.454. The van der Waals surface area contributed by atoms with Crippen LogP contribution in [0.1, 0.15) is 39.5 Å². The standard InChI is InChI=1S/C25H28ClN5O/c1-3-5-16-30(17-6-4-2)20-12-13-22(21(18-20)19-10-8-7-9-11-19)32-24-15-14-23-27-28-25(26)31(23)29-24/h7-15,18H,3-6,16-17H2,1-2H3. The number of ether oxygens (including phenoxy) is 1. The fourth-order valence-corrected chi connectivity index (χ4v) is 3.79. The maximum Gasteiger partial charge on any atom is 0.246 e. The van der Waals surface area contributed by atoms with E-state index >= 15 is 0 Å². The van der Waals surface area contributed by atoms with Crippen LogP contribution in [0.5, 0.6) is 11.6 Å². The van der Waals surface area contributed by atoms with Crippen molar-refractivity contribution in [1.82, 2.24) is 19.8 Å². The van der Waals surface area contributed by atoms with Crippen molar-refractivity contribution >= 4 is 22.9 Å². The highest BCUT2D eigenvalue weighted by Gasteiger charge is 2.14. The van der Waals surface area contributed by atoms with Gasteiger partial charge in [0.05, 0.1) is 0 Å². The Labute approximate surface area is 193 Å². The molecule has 4 aromatic rings. The lowest BCUT2D eigenvalue weighted by atomic mass is 10.0. The highest BCUT2D eigenvalue weighted by Crippen LogP contribution is 2.36. The van der Waals surface area contributed by atoms with Gasteiger partial charge in [0.1, 0.15) is 5.75 Å². The summed E-state index contributed by atoms with van der Waals surface area (Å²) < 4.78 is 7.69. The van der Waals surface area contributed by atoms with Gasteiger partial charge in [-0.3, -0.25) is 0 Å². The maximum atomic E-state index is 6.23. The summed E-state index contributed by atoms with van der Waals surface area (Å²) in [5.41, 5.74) is 3.91. The molecule has 0 amide bonds. The van der Waals surface area contributed by atoms with Gasteiger partial charge in [0, 0.05) is 30.4 Å². The van der Waals surface area contributed by atoms with Crippen molar-refractivity contribution < 1.29 is 4.74 Å². The Morgan fingerprint density at radius 1 is 0.906 bits per heavy atom. The first-order valence-corrected chi connectivity index (χ1v) is 11.6. The molecule has 0 N–H and O–H groups in total. The second-order valence-corrected chi connectivity index (χ2v) is 8.09. The molecule has 0 bridgehead atoms.